The van der Waals surface area contributed by atoms with Crippen LogP contribution < -0.4 is 5.32 Å². The zero-order valence-electron chi connectivity index (χ0n) is 13.4. The third kappa shape index (κ3) is 3.27. The molecule has 2 aromatic rings. The van der Waals surface area contributed by atoms with E-state index in [-0.39, 0.29) is 23.3 Å². The number of anilines is 1. The Hall–Kier alpha value is -2.36. The molecule has 0 atom stereocenters. The zero-order chi connectivity index (χ0) is 16.3. The highest BCUT2D eigenvalue weighted by Gasteiger charge is 2.18. The third-order valence-corrected chi connectivity index (χ3v) is 3.61. The number of carbonyl (C=O) groups is 1. The second kappa shape index (κ2) is 6.60. The molecule has 0 radical (unpaired) electrons. The Kier molecular flexibility index (Phi) is 4.81. The van der Waals surface area contributed by atoms with Crippen molar-refractivity contribution in [1.82, 2.24) is 4.98 Å². The summed E-state index contributed by atoms with van der Waals surface area (Å²) in [5.41, 5.74) is 3.02. The van der Waals surface area contributed by atoms with Crippen molar-refractivity contribution in [3.63, 3.8) is 0 Å². The van der Waals surface area contributed by atoms with E-state index in [0.717, 1.165) is 16.8 Å². The molecule has 22 heavy (non-hydrogen) atoms. The van der Waals surface area contributed by atoms with Gasteiger partial charge in [0.1, 0.15) is 5.75 Å². The van der Waals surface area contributed by atoms with Crippen molar-refractivity contribution >= 4 is 11.6 Å². The normalized spacial score (nSPS) is 11.0. The Morgan fingerprint density at radius 1 is 1.05 bits per heavy atom. The number of carbonyl (C=O) groups excluding carboxylic acids is 1. The first-order chi connectivity index (χ1) is 10.4. The molecule has 0 aliphatic rings. The van der Waals surface area contributed by atoms with Crippen LogP contribution in [0.3, 0.4) is 0 Å². The summed E-state index contributed by atoms with van der Waals surface area (Å²) in [5, 5.41) is 12.7. The average Bonchev–Trinajstić information content (AvgIpc) is 2.47. The molecule has 0 bridgehead atoms. The first-order valence-corrected chi connectivity index (χ1v) is 7.50. The minimum atomic E-state index is -0.395. The highest BCUT2D eigenvalue weighted by Crippen LogP contribution is 2.32. The van der Waals surface area contributed by atoms with Crippen LogP contribution in [-0.4, -0.2) is 16.0 Å². The van der Waals surface area contributed by atoms with Crippen LogP contribution in [-0.2, 0) is 0 Å². The van der Waals surface area contributed by atoms with Crippen LogP contribution in [0.1, 0.15) is 61.1 Å². The summed E-state index contributed by atoms with van der Waals surface area (Å²) in [5.74, 6) is 0.0545. The van der Waals surface area contributed by atoms with Crippen LogP contribution in [0, 0.1) is 0 Å². The summed E-state index contributed by atoms with van der Waals surface area (Å²) in [6, 6.07) is 9.10. The lowest BCUT2D eigenvalue weighted by molar-refractivity contribution is 0.101. The minimum absolute atomic E-state index is 0.0377. The summed E-state index contributed by atoms with van der Waals surface area (Å²) in [6.45, 7) is 8.36. The molecule has 1 aromatic carbocycles. The maximum absolute atomic E-state index is 12.5. The fourth-order valence-corrected chi connectivity index (χ4v) is 2.44. The second-order valence-corrected chi connectivity index (χ2v) is 5.95. The minimum Gasteiger partial charge on any atom is -0.505 e. The summed E-state index contributed by atoms with van der Waals surface area (Å²) in [7, 11) is 0. The van der Waals surface area contributed by atoms with Crippen molar-refractivity contribution in [2.24, 2.45) is 0 Å². The van der Waals surface area contributed by atoms with Gasteiger partial charge in [0.15, 0.2) is 5.69 Å². The Bertz CT molecular complexity index is 652. The van der Waals surface area contributed by atoms with Crippen molar-refractivity contribution in [2.45, 2.75) is 39.5 Å². The van der Waals surface area contributed by atoms with E-state index in [1.54, 1.807) is 6.07 Å². The number of aromatic nitrogens is 1. The molecule has 2 rings (SSSR count). The highest BCUT2D eigenvalue weighted by atomic mass is 16.3. The molecule has 0 aliphatic heterocycles. The molecule has 4 heteroatoms. The average molecular weight is 298 g/mol. The van der Waals surface area contributed by atoms with E-state index in [2.05, 4.69) is 38.0 Å². The van der Waals surface area contributed by atoms with E-state index in [1.165, 1.54) is 12.3 Å². The molecule has 1 aromatic heterocycles. The largest absolute Gasteiger partial charge is 0.505 e. The van der Waals surface area contributed by atoms with Crippen LogP contribution in [0.4, 0.5) is 5.69 Å². The maximum Gasteiger partial charge on any atom is 0.278 e. The van der Waals surface area contributed by atoms with Gasteiger partial charge in [-0.15, -0.1) is 0 Å². The Morgan fingerprint density at radius 2 is 1.64 bits per heavy atom. The van der Waals surface area contributed by atoms with Crippen LogP contribution >= 0.6 is 0 Å². The summed E-state index contributed by atoms with van der Waals surface area (Å²) in [6.07, 6.45) is 1.49. The summed E-state index contributed by atoms with van der Waals surface area (Å²) in [4.78, 5) is 16.4. The van der Waals surface area contributed by atoms with Crippen LogP contribution in [0.2, 0.25) is 0 Å². The number of nitrogens with one attached hydrogen (secondary N) is 1. The monoisotopic (exact) mass is 298 g/mol. The molecule has 1 amide bonds. The predicted octanol–water partition coefficient (Wildman–Crippen LogP) is 4.29. The number of hydrogen-bond donors (Lipinski definition) is 2. The predicted molar refractivity (Wildman–Crippen MR) is 88.5 cm³/mol. The molecule has 116 valence electrons. The van der Waals surface area contributed by atoms with Gasteiger partial charge in [0, 0.05) is 11.9 Å². The van der Waals surface area contributed by atoms with Crippen molar-refractivity contribution in [3.05, 3.63) is 53.3 Å². The molecular weight excluding hydrogens is 276 g/mol. The van der Waals surface area contributed by atoms with Crippen molar-refractivity contribution in [3.8, 4) is 5.75 Å². The third-order valence-electron chi connectivity index (χ3n) is 3.61. The number of amides is 1. The Morgan fingerprint density at radius 3 is 2.14 bits per heavy atom. The molecule has 0 saturated heterocycles. The molecular formula is C18H22N2O2. The van der Waals surface area contributed by atoms with Gasteiger partial charge in [0.25, 0.3) is 5.91 Å². The topological polar surface area (TPSA) is 62.2 Å². The molecule has 2 N–H and O–H groups in total. The van der Waals surface area contributed by atoms with E-state index in [0.29, 0.717) is 0 Å². The van der Waals surface area contributed by atoms with Gasteiger partial charge in [-0.1, -0.05) is 45.9 Å². The van der Waals surface area contributed by atoms with Gasteiger partial charge >= 0.3 is 0 Å². The lowest BCUT2D eigenvalue weighted by atomic mass is 9.92. The van der Waals surface area contributed by atoms with E-state index >= 15 is 0 Å². The quantitative estimate of drug-likeness (QED) is 0.885. The first-order valence-electron chi connectivity index (χ1n) is 7.50. The standard InChI is InChI=1S/C18H22N2O2/c1-11(2)13-7-5-8-14(12(3)4)16(13)20-18(22)17-15(21)9-6-10-19-17/h5-12,21H,1-4H3,(H,20,22). The van der Waals surface area contributed by atoms with Crippen molar-refractivity contribution in [1.29, 1.82) is 0 Å². The first kappa shape index (κ1) is 16.0. The van der Waals surface area contributed by atoms with Crippen LogP contribution in [0.15, 0.2) is 36.5 Å². The van der Waals surface area contributed by atoms with Crippen LogP contribution in [0.25, 0.3) is 0 Å². The summed E-state index contributed by atoms with van der Waals surface area (Å²) < 4.78 is 0. The molecule has 4 nitrogen and oxygen atoms in total. The van der Waals surface area contributed by atoms with Gasteiger partial charge in [0.2, 0.25) is 0 Å². The Balaban J connectivity index is 2.44. The Labute approximate surface area is 131 Å². The fourth-order valence-electron chi connectivity index (χ4n) is 2.44. The van der Waals surface area contributed by atoms with E-state index in [9.17, 15) is 9.90 Å². The van der Waals surface area contributed by atoms with E-state index in [1.807, 2.05) is 18.2 Å². The molecule has 0 spiro atoms. The van der Waals surface area contributed by atoms with E-state index in [4.69, 9.17) is 0 Å². The lowest BCUT2D eigenvalue weighted by Crippen LogP contribution is -2.17. The number of para-hydroxylation sites is 1. The van der Waals surface area contributed by atoms with Crippen molar-refractivity contribution in [2.75, 3.05) is 5.32 Å². The van der Waals surface area contributed by atoms with Crippen LogP contribution in [0.5, 0.6) is 5.75 Å². The van der Waals surface area contributed by atoms with Gasteiger partial charge in [-0.3, -0.25) is 4.79 Å². The molecule has 0 saturated carbocycles. The number of nitrogens with zero attached hydrogens (tertiary/aromatic N) is 1. The maximum atomic E-state index is 12.5. The fraction of sp³-hybridized carbons (Fsp3) is 0.333. The number of pyridine rings is 1. The van der Waals surface area contributed by atoms with Gasteiger partial charge < -0.3 is 10.4 Å². The van der Waals surface area contributed by atoms with Gasteiger partial charge in [-0.05, 0) is 35.1 Å². The number of hydrogen-bond acceptors (Lipinski definition) is 3. The van der Waals surface area contributed by atoms with Gasteiger partial charge in [-0.25, -0.2) is 4.98 Å². The van der Waals surface area contributed by atoms with E-state index < -0.39 is 5.91 Å². The molecule has 1 heterocycles. The molecule has 0 unspecified atom stereocenters. The highest BCUT2D eigenvalue weighted by molar-refractivity contribution is 6.05. The summed E-state index contributed by atoms with van der Waals surface area (Å²) >= 11 is 0. The number of rotatable bonds is 4. The zero-order valence-corrected chi connectivity index (χ0v) is 13.4. The number of aromatic hydroxyl groups is 1. The SMILES string of the molecule is CC(C)c1cccc(C(C)C)c1NC(=O)c1ncccc1O. The lowest BCUT2D eigenvalue weighted by Gasteiger charge is -2.20. The molecule has 0 aliphatic carbocycles. The van der Waals surface area contributed by atoms with Gasteiger partial charge in [0.05, 0.1) is 0 Å². The molecule has 0 fully saturated rings. The second-order valence-electron chi connectivity index (χ2n) is 5.95. The van der Waals surface area contributed by atoms with Crippen molar-refractivity contribution < 1.29 is 9.90 Å². The van der Waals surface area contributed by atoms with Gasteiger partial charge in [-0.2, -0.15) is 0 Å². The number of benzene rings is 1. The smallest absolute Gasteiger partial charge is 0.278 e.